The highest BCUT2D eigenvalue weighted by molar-refractivity contribution is 5.84. The Bertz CT molecular complexity index is 696. The van der Waals surface area contributed by atoms with Gasteiger partial charge in [-0.05, 0) is 12.5 Å². The fourth-order valence-electron chi connectivity index (χ4n) is 2.58. The maximum Gasteiger partial charge on any atom is 0.272 e. The van der Waals surface area contributed by atoms with E-state index in [-0.39, 0.29) is 12.2 Å². The van der Waals surface area contributed by atoms with E-state index < -0.39 is 29.9 Å². The van der Waals surface area contributed by atoms with Gasteiger partial charge in [-0.3, -0.25) is 0 Å². The predicted molar refractivity (Wildman–Crippen MR) is 66.8 cm³/mol. The molecule has 2 unspecified atom stereocenters. The third-order valence-electron chi connectivity index (χ3n) is 3.62. The highest BCUT2D eigenvalue weighted by Crippen LogP contribution is 2.38. The third kappa shape index (κ3) is 1.76. The molecule has 1 saturated carbocycles. The number of pyridine rings is 1. The monoisotopic (exact) mass is 282 g/mol. The summed E-state index contributed by atoms with van der Waals surface area (Å²) in [5.41, 5.74) is 6.25. The van der Waals surface area contributed by atoms with E-state index in [4.69, 9.17) is 5.73 Å². The molecule has 0 saturated heterocycles. The fourth-order valence-corrected chi connectivity index (χ4v) is 2.58. The Morgan fingerprint density at radius 1 is 1.35 bits per heavy atom. The first-order valence-corrected chi connectivity index (χ1v) is 5.98. The quantitative estimate of drug-likeness (QED) is 0.720. The van der Waals surface area contributed by atoms with Crippen LogP contribution in [0.5, 0.6) is 0 Å². The second kappa shape index (κ2) is 4.50. The van der Waals surface area contributed by atoms with Crippen molar-refractivity contribution in [2.24, 2.45) is 0 Å². The maximum atomic E-state index is 12.7. The van der Waals surface area contributed by atoms with Gasteiger partial charge in [-0.15, -0.1) is 0 Å². The Labute approximate surface area is 112 Å². The van der Waals surface area contributed by atoms with Crippen LogP contribution < -0.4 is 5.73 Å². The van der Waals surface area contributed by atoms with Gasteiger partial charge in [-0.1, -0.05) is 0 Å². The zero-order valence-corrected chi connectivity index (χ0v) is 10.2. The fraction of sp³-hybridized carbons (Fsp3) is 0.333. The smallest absolute Gasteiger partial charge is 0.272 e. The van der Waals surface area contributed by atoms with E-state index in [0.29, 0.717) is 11.0 Å². The number of halogens is 2. The Hall–Kier alpha value is -2.06. The molecular weight excluding hydrogens is 270 g/mol. The summed E-state index contributed by atoms with van der Waals surface area (Å²) in [5, 5.41) is 19.6. The van der Waals surface area contributed by atoms with E-state index in [2.05, 4.69) is 9.97 Å². The maximum absolute atomic E-state index is 12.7. The molecule has 0 spiro atoms. The molecule has 4 N–H and O–H groups in total. The predicted octanol–water partition coefficient (Wildman–Crippen LogP) is 0.831. The van der Waals surface area contributed by atoms with Crippen LogP contribution >= 0.6 is 0 Å². The number of hydrogen-bond acceptors (Lipinski definition) is 5. The van der Waals surface area contributed by atoms with Gasteiger partial charge >= 0.3 is 0 Å². The highest BCUT2D eigenvalue weighted by atomic mass is 19.3. The van der Waals surface area contributed by atoms with Gasteiger partial charge in [-0.2, -0.15) is 8.78 Å². The summed E-state index contributed by atoms with van der Waals surface area (Å²) in [4.78, 5) is 7.96. The molecule has 0 aliphatic heterocycles. The average Bonchev–Trinajstić information content (AvgIpc) is 2.94. The molecular formula is C12H12F2N4O2. The van der Waals surface area contributed by atoms with E-state index in [9.17, 15) is 19.0 Å². The molecule has 1 aliphatic rings. The Morgan fingerprint density at radius 2 is 2.10 bits per heavy atom. The summed E-state index contributed by atoms with van der Waals surface area (Å²) in [6.07, 6.45) is -2.11. The van der Waals surface area contributed by atoms with Crippen molar-refractivity contribution >= 4 is 16.9 Å². The van der Waals surface area contributed by atoms with Crippen LogP contribution in [0.2, 0.25) is 0 Å². The topological polar surface area (TPSA) is 97.2 Å². The molecule has 3 atom stereocenters. The van der Waals surface area contributed by atoms with Crippen LogP contribution in [0.3, 0.4) is 0 Å². The van der Waals surface area contributed by atoms with Crippen molar-refractivity contribution in [2.45, 2.75) is 24.7 Å². The molecule has 6 nitrogen and oxygen atoms in total. The zero-order valence-electron chi connectivity index (χ0n) is 10.2. The molecule has 8 heteroatoms. The molecule has 0 radical (unpaired) electrons. The molecule has 0 bridgehead atoms. The Kier molecular flexibility index (Phi) is 2.91. The number of nitrogen functional groups attached to an aromatic ring is 1. The Balaban J connectivity index is 2.09. The van der Waals surface area contributed by atoms with Gasteiger partial charge in [-0.25, -0.2) is 9.97 Å². The molecule has 2 heterocycles. The van der Waals surface area contributed by atoms with Gasteiger partial charge in [0.2, 0.25) is 0 Å². The van der Waals surface area contributed by atoms with Gasteiger partial charge in [0, 0.05) is 11.8 Å². The van der Waals surface area contributed by atoms with Crippen molar-refractivity contribution < 1.29 is 19.0 Å². The van der Waals surface area contributed by atoms with Crippen LogP contribution in [-0.4, -0.2) is 37.0 Å². The molecule has 20 heavy (non-hydrogen) atoms. The lowest BCUT2D eigenvalue weighted by molar-refractivity contribution is 0.0346. The Morgan fingerprint density at radius 3 is 2.75 bits per heavy atom. The number of nitrogens with two attached hydrogens (primary N) is 1. The van der Waals surface area contributed by atoms with Gasteiger partial charge < -0.3 is 20.5 Å². The minimum Gasteiger partial charge on any atom is -0.388 e. The van der Waals surface area contributed by atoms with E-state index >= 15 is 0 Å². The molecule has 1 fully saturated rings. The molecule has 2 aromatic rings. The molecule has 106 valence electrons. The number of rotatable bonds is 1. The van der Waals surface area contributed by atoms with Crippen LogP contribution in [0.4, 0.5) is 14.6 Å². The SMILES string of the molecule is Nc1nccc2c1ncn2C1CC(=C(F)F)[C@@H](O)C1O. The summed E-state index contributed by atoms with van der Waals surface area (Å²) in [6, 6.07) is 0.916. The second-order valence-corrected chi connectivity index (χ2v) is 4.71. The van der Waals surface area contributed by atoms with Gasteiger partial charge in [0.25, 0.3) is 6.08 Å². The molecule has 0 amide bonds. The first-order valence-electron chi connectivity index (χ1n) is 5.98. The molecule has 0 aromatic carbocycles. The number of anilines is 1. The standard InChI is InChI=1S/C12H12F2N4O2/c13-11(14)5-3-7(10(20)9(5)19)18-4-17-8-6(18)1-2-16-12(8)15/h1-2,4,7,9-10,19-20H,3H2,(H2,15,16)/t7?,9-,10?/m1/s1. The van der Waals surface area contributed by atoms with Gasteiger partial charge in [0.05, 0.1) is 17.9 Å². The van der Waals surface area contributed by atoms with Crippen LogP contribution in [0.1, 0.15) is 12.5 Å². The van der Waals surface area contributed by atoms with E-state index in [0.717, 1.165) is 0 Å². The lowest BCUT2D eigenvalue weighted by Gasteiger charge is -2.18. The molecule has 3 rings (SSSR count). The van der Waals surface area contributed by atoms with Crippen LogP contribution in [-0.2, 0) is 0 Å². The van der Waals surface area contributed by atoms with Crippen LogP contribution in [0.15, 0.2) is 30.2 Å². The number of aliphatic hydroxyl groups is 2. The van der Waals surface area contributed by atoms with Crippen LogP contribution in [0.25, 0.3) is 11.0 Å². The van der Waals surface area contributed by atoms with E-state index in [1.807, 2.05) is 0 Å². The molecule has 1 aliphatic carbocycles. The highest BCUT2D eigenvalue weighted by Gasteiger charge is 2.41. The normalized spacial score (nSPS) is 26.4. The summed E-state index contributed by atoms with van der Waals surface area (Å²) >= 11 is 0. The first-order chi connectivity index (χ1) is 9.50. The van der Waals surface area contributed by atoms with Crippen molar-refractivity contribution in [1.82, 2.24) is 14.5 Å². The van der Waals surface area contributed by atoms with E-state index in [1.165, 1.54) is 17.1 Å². The number of nitrogens with zero attached hydrogens (tertiary/aromatic N) is 3. The summed E-state index contributed by atoms with van der Waals surface area (Å²) in [7, 11) is 0. The number of fused-ring (bicyclic) bond motifs is 1. The van der Waals surface area contributed by atoms with Crippen LogP contribution in [0, 0.1) is 0 Å². The number of hydrogen-bond donors (Lipinski definition) is 3. The second-order valence-electron chi connectivity index (χ2n) is 4.71. The summed E-state index contributed by atoms with van der Waals surface area (Å²) in [5.74, 6) is 0.224. The first kappa shape index (κ1) is 12.9. The van der Waals surface area contributed by atoms with Gasteiger partial charge in [0.15, 0.2) is 5.82 Å². The largest absolute Gasteiger partial charge is 0.388 e. The molecule has 2 aromatic heterocycles. The third-order valence-corrected chi connectivity index (χ3v) is 3.62. The van der Waals surface area contributed by atoms with Gasteiger partial charge in [0.1, 0.15) is 17.7 Å². The summed E-state index contributed by atoms with van der Waals surface area (Å²) in [6.45, 7) is 0. The minimum atomic E-state index is -1.95. The lowest BCUT2D eigenvalue weighted by Crippen LogP contribution is -2.27. The minimum absolute atomic E-state index is 0.141. The van der Waals surface area contributed by atoms with Crippen molar-refractivity contribution in [3.05, 3.63) is 30.2 Å². The average molecular weight is 282 g/mol. The summed E-state index contributed by atoms with van der Waals surface area (Å²) < 4.78 is 27.0. The lowest BCUT2D eigenvalue weighted by atomic mass is 10.2. The van der Waals surface area contributed by atoms with Crippen molar-refractivity contribution in [3.8, 4) is 0 Å². The number of imidazole rings is 1. The number of aliphatic hydroxyl groups excluding tert-OH is 2. The van der Waals surface area contributed by atoms with Crippen molar-refractivity contribution in [3.63, 3.8) is 0 Å². The number of aromatic nitrogens is 3. The van der Waals surface area contributed by atoms with Crippen molar-refractivity contribution in [1.29, 1.82) is 0 Å². The zero-order chi connectivity index (χ0) is 14.4. The van der Waals surface area contributed by atoms with Crippen molar-refractivity contribution in [2.75, 3.05) is 5.73 Å². The van der Waals surface area contributed by atoms with E-state index in [1.54, 1.807) is 6.07 Å².